The lowest BCUT2D eigenvalue weighted by Gasteiger charge is -2.43. The van der Waals surface area contributed by atoms with Crippen LogP contribution in [0.2, 0.25) is 0 Å². The van der Waals surface area contributed by atoms with Crippen LogP contribution in [0.15, 0.2) is 54.6 Å². The summed E-state index contributed by atoms with van der Waals surface area (Å²) in [7, 11) is 1.47. The number of benzene rings is 2. The molecule has 1 N–H and O–H groups in total. The zero-order valence-corrected chi connectivity index (χ0v) is 24.7. The molecule has 5 atom stereocenters. The molecule has 2 heterocycles. The van der Waals surface area contributed by atoms with Crippen molar-refractivity contribution < 1.29 is 36.9 Å². The molecule has 1 fully saturated rings. The molecule has 2 aromatic carbocycles. The SMILES string of the molecule is COc1ccc(-c2nnc(C3OC(OC(=N)C(Cl)(Cl)Cl)C(OC(=O)c4ccccc4)[C@@H](C)[C@@H]3C)n2CC(F)(F)F)cc1. The van der Waals surface area contributed by atoms with Gasteiger partial charge in [0.1, 0.15) is 18.4 Å². The van der Waals surface area contributed by atoms with Crippen LogP contribution < -0.4 is 4.74 Å². The molecule has 1 saturated heterocycles. The molecule has 15 heteroatoms. The van der Waals surface area contributed by atoms with E-state index in [2.05, 4.69) is 10.2 Å². The van der Waals surface area contributed by atoms with Crippen LogP contribution >= 0.6 is 34.8 Å². The number of hydrogen-bond acceptors (Lipinski definition) is 8. The molecule has 1 aromatic heterocycles. The summed E-state index contributed by atoms with van der Waals surface area (Å²) in [4.78, 5) is 12.9. The fraction of sp³-hybridized carbons (Fsp3) is 0.407. The third kappa shape index (κ3) is 7.28. The number of aromatic nitrogens is 3. The smallest absolute Gasteiger partial charge is 0.406 e. The molecule has 0 radical (unpaired) electrons. The maximum Gasteiger partial charge on any atom is 0.406 e. The van der Waals surface area contributed by atoms with Crippen LogP contribution in [-0.4, -0.2) is 56.1 Å². The van der Waals surface area contributed by atoms with Crippen molar-refractivity contribution in [3.63, 3.8) is 0 Å². The van der Waals surface area contributed by atoms with E-state index >= 15 is 0 Å². The van der Waals surface area contributed by atoms with Gasteiger partial charge in [-0.2, -0.15) is 13.2 Å². The molecule has 3 unspecified atom stereocenters. The molecule has 0 amide bonds. The van der Waals surface area contributed by atoms with Gasteiger partial charge >= 0.3 is 12.1 Å². The second kappa shape index (κ2) is 12.7. The number of carbonyl (C=O) groups excluding carboxylic acids is 1. The highest BCUT2D eigenvalue weighted by molar-refractivity contribution is 6.76. The Morgan fingerprint density at radius 2 is 1.64 bits per heavy atom. The van der Waals surface area contributed by atoms with E-state index in [0.29, 0.717) is 11.3 Å². The van der Waals surface area contributed by atoms with Crippen molar-refractivity contribution in [2.75, 3.05) is 7.11 Å². The number of methoxy groups -OCH3 is 1. The Morgan fingerprint density at radius 3 is 2.21 bits per heavy atom. The van der Waals surface area contributed by atoms with E-state index in [0.717, 1.165) is 4.57 Å². The minimum Gasteiger partial charge on any atom is -0.497 e. The lowest BCUT2D eigenvalue weighted by molar-refractivity contribution is -0.248. The van der Waals surface area contributed by atoms with Crippen molar-refractivity contribution >= 4 is 46.7 Å². The van der Waals surface area contributed by atoms with Gasteiger partial charge in [0.15, 0.2) is 17.8 Å². The van der Waals surface area contributed by atoms with Crippen LogP contribution in [0.3, 0.4) is 0 Å². The Bertz CT molecular complexity index is 1400. The highest BCUT2D eigenvalue weighted by atomic mass is 35.6. The van der Waals surface area contributed by atoms with Gasteiger partial charge in [-0.15, -0.1) is 10.2 Å². The summed E-state index contributed by atoms with van der Waals surface area (Å²) < 4.78 is 62.5. The molecule has 4 rings (SSSR count). The van der Waals surface area contributed by atoms with Gasteiger partial charge in [-0.1, -0.05) is 66.8 Å². The van der Waals surface area contributed by atoms with Crippen LogP contribution in [0.5, 0.6) is 5.75 Å². The van der Waals surface area contributed by atoms with Gasteiger partial charge in [-0.3, -0.25) is 9.98 Å². The second-order valence-corrected chi connectivity index (χ2v) is 11.9. The van der Waals surface area contributed by atoms with Crippen molar-refractivity contribution in [1.82, 2.24) is 14.8 Å². The predicted octanol–water partition coefficient (Wildman–Crippen LogP) is 6.78. The highest BCUT2D eigenvalue weighted by Gasteiger charge is 2.49. The Kier molecular flexibility index (Phi) is 9.61. The zero-order chi connectivity index (χ0) is 30.8. The van der Waals surface area contributed by atoms with Crippen LogP contribution in [0, 0.1) is 17.2 Å². The van der Waals surface area contributed by atoms with E-state index < -0.39 is 58.7 Å². The van der Waals surface area contributed by atoms with E-state index in [1.807, 2.05) is 0 Å². The van der Waals surface area contributed by atoms with Crippen molar-refractivity contribution in [3.8, 4) is 17.1 Å². The van der Waals surface area contributed by atoms with E-state index in [-0.39, 0.29) is 17.2 Å². The number of nitrogens with one attached hydrogen (secondary N) is 1. The number of rotatable bonds is 7. The molecule has 226 valence electrons. The van der Waals surface area contributed by atoms with Crippen LogP contribution in [0.25, 0.3) is 11.4 Å². The second-order valence-electron chi connectivity index (χ2n) is 9.64. The molecule has 42 heavy (non-hydrogen) atoms. The molecule has 1 aliphatic heterocycles. The first-order valence-electron chi connectivity index (χ1n) is 12.6. The fourth-order valence-electron chi connectivity index (χ4n) is 4.49. The summed E-state index contributed by atoms with van der Waals surface area (Å²) in [5, 5.41) is 16.2. The molecule has 1 aliphatic rings. The molecule has 3 aromatic rings. The van der Waals surface area contributed by atoms with E-state index in [9.17, 15) is 18.0 Å². The average Bonchev–Trinajstić information content (AvgIpc) is 3.33. The number of alkyl halides is 6. The standard InChI is InChI=1S/C27H26Cl3F3N4O5/c1-14-15(2)20(40-23(38)17-7-5-4-6-8-17)24(42-25(34)27(28,29)30)41-19(14)22-36-35-21(37(22)13-26(31,32)33)16-9-11-18(39-3)12-10-16/h4-12,14-15,19-20,24,34H,13H2,1-3H3/t14-,15-,19?,20?,24?/m0/s1. The summed E-state index contributed by atoms with van der Waals surface area (Å²) >= 11 is 17.5. The van der Waals surface area contributed by atoms with Gasteiger partial charge < -0.3 is 18.9 Å². The molecule has 9 nitrogen and oxygen atoms in total. The van der Waals surface area contributed by atoms with Crippen molar-refractivity contribution in [2.24, 2.45) is 11.8 Å². The number of esters is 1. The average molecular weight is 650 g/mol. The van der Waals surface area contributed by atoms with E-state index in [1.54, 1.807) is 68.4 Å². The van der Waals surface area contributed by atoms with Crippen molar-refractivity contribution in [1.29, 1.82) is 5.41 Å². The first-order chi connectivity index (χ1) is 19.7. The zero-order valence-electron chi connectivity index (χ0n) is 22.4. The van der Waals surface area contributed by atoms with Gasteiger partial charge in [0.05, 0.1) is 12.7 Å². The van der Waals surface area contributed by atoms with Crippen molar-refractivity contribution in [2.45, 2.75) is 48.9 Å². The lowest BCUT2D eigenvalue weighted by Crippen LogP contribution is -2.51. The highest BCUT2D eigenvalue weighted by Crippen LogP contribution is 2.43. The molecule has 0 bridgehead atoms. The number of ether oxygens (including phenoxy) is 4. The monoisotopic (exact) mass is 648 g/mol. The molecular weight excluding hydrogens is 624 g/mol. The maximum atomic E-state index is 13.8. The Hall–Kier alpha value is -3.06. The third-order valence-electron chi connectivity index (χ3n) is 6.84. The van der Waals surface area contributed by atoms with Crippen molar-refractivity contribution in [3.05, 3.63) is 66.0 Å². The Balaban J connectivity index is 1.73. The maximum absolute atomic E-state index is 13.8. The van der Waals surface area contributed by atoms with Gasteiger partial charge in [0.25, 0.3) is 3.79 Å². The summed E-state index contributed by atoms with van der Waals surface area (Å²) in [5.41, 5.74) is 0.597. The van der Waals surface area contributed by atoms with Crippen LogP contribution in [-0.2, 0) is 20.8 Å². The first-order valence-corrected chi connectivity index (χ1v) is 13.7. The van der Waals surface area contributed by atoms with Gasteiger partial charge in [-0.25, -0.2) is 4.79 Å². The number of halogens is 6. The van der Waals surface area contributed by atoms with Gasteiger partial charge in [0.2, 0.25) is 12.2 Å². The summed E-state index contributed by atoms with van der Waals surface area (Å²) in [6.07, 6.45) is -8.47. The van der Waals surface area contributed by atoms with Gasteiger partial charge in [-0.05, 0) is 42.3 Å². The summed E-state index contributed by atoms with van der Waals surface area (Å²) in [5.74, 6) is -2.43. The fourth-order valence-corrected chi connectivity index (χ4v) is 4.62. The minimum atomic E-state index is -4.64. The summed E-state index contributed by atoms with van der Waals surface area (Å²) in [6, 6.07) is 14.4. The number of nitrogens with zero attached hydrogens (tertiary/aromatic N) is 3. The first kappa shape index (κ1) is 31.9. The van der Waals surface area contributed by atoms with E-state index in [1.165, 1.54) is 7.11 Å². The molecule has 0 aliphatic carbocycles. The quantitative estimate of drug-likeness (QED) is 0.130. The number of hydrogen-bond donors (Lipinski definition) is 1. The molecular formula is C27H26Cl3F3N4O5. The topological polar surface area (TPSA) is 109 Å². The third-order valence-corrected chi connectivity index (χ3v) is 7.35. The Morgan fingerprint density at radius 1 is 1.00 bits per heavy atom. The number of carbonyl (C=O) groups is 1. The molecule has 0 spiro atoms. The van der Waals surface area contributed by atoms with E-state index in [4.69, 9.17) is 59.2 Å². The van der Waals surface area contributed by atoms with Gasteiger partial charge in [0, 0.05) is 11.5 Å². The largest absolute Gasteiger partial charge is 0.497 e. The minimum absolute atomic E-state index is 0.0578. The molecule has 0 saturated carbocycles. The predicted molar refractivity (Wildman–Crippen MR) is 149 cm³/mol. The summed E-state index contributed by atoms with van der Waals surface area (Å²) in [6.45, 7) is 1.99. The normalized spacial score (nSPS) is 22.8. The van der Waals surface area contributed by atoms with Crippen LogP contribution in [0.4, 0.5) is 13.2 Å². The lowest BCUT2D eigenvalue weighted by atomic mass is 9.83. The van der Waals surface area contributed by atoms with Crippen LogP contribution in [0.1, 0.15) is 36.1 Å². The Labute approximate surface area is 254 Å².